The van der Waals surface area contributed by atoms with E-state index in [-0.39, 0.29) is 19.8 Å². The zero-order chi connectivity index (χ0) is 4.41. The molecule has 0 aliphatic heterocycles. The van der Waals surface area contributed by atoms with E-state index in [9.17, 15) is 0 Å². The van der Waals surface area contributed by atoms with Crippen LogP contribution in [0.4, 0.5) is 0 Å². The van der Waals surface area contributed by atoms with Crippen molar-refractivity contribution in [2.45, 2.75) is 6.92 Å². The molecule has 0 aliphatic rings. The van der Waals surface area contributed by atoms with Gasteiger partial charge in [-0.05, 0) is 13.0 Å². The van der Waals surface area contributed by atoms with Crippen LogP contribution in [-0.2, 0) is 0 Å². The molecule has 2 nitrogen and oxygen atoms in total. The maximum absolute atomic E-state index is 3.70. The van der Waals surface area contributed by atoms with E-state index in [2.05, 4.69) is 10.2 Å². The van der Waals surface area contributed by atoms with Crippen molar-refractivity contribution in [2.75, 3.05) is 0 Å². The molecule has 0 amide bonds. The van der Waals surface area contributed by atoms with Gasteiger partial charge in [-0.2, -0.15) is 5.10 Å². The summed E-state index contributed by atoms with van der Waals surface area (Å²) in [6.07, 6.45) is 1.73. The van der Waals surface area contributed by atoms with Gasteiger partial charge in [0.15, 0.2) is 0 Å². The van der Waals surface area contributed by atoms with Gasteiger partial charge in [-0.15, -0.1) is 0 Å². The molecule has 0 radical (unpaired) electrons. The summed E-state index contributed by atoms with van der Waals surface area (Å²) in [6.45, 7) is 1.97. The SMILES string of the molecule is Cc1ccn[nH]1.[Ga+3]. The van der Waals surface area contributed by atoms with Crippen molar-refractivity contribution in [3.05, 3.63) is 18.0 Å². The van der Waals surface area contributed by atoms with Crippen LogP contribution in [0.3, 0.4) is 0 Å². The Labute approximate surface area is 55.4 Å². The number of aromatic nitrogens is 2. The zero-order valence-corrected chi connectivity index (χ0v) is 6.60. The first kappa shape index (κ1) is 6.85. The largest absolute Gasteiger partial charge is 3.00 e. The van der Waals surface area contributed by atoms with E-state index in [1.807, 2.05) is 13.0 Å². The number of hydrogen-bond donors (Lipinski definition) is 1. The fourth-order valence-electron chi connectivity index (χ4n) is 0.325. The topological polar surface area (TPSA) is 28.7 Å². The number of H-pyrrole nitrogens is 1. The fraction of sp³-hybridized carbons (Fsp3) is 0.250. The summed E-state index contributed by atoms with van der Waals surface area (Å²) in [5, 5.41) is 6.45. The Morgan fingerprint density at radius 2 is 2.43 bits per heavy atom. The molecule has 1 aromatic heterocycles. The van der Waals surface area contributed by atoms with E-state index in [0.717, 1.165) is 5.69 Å². The molecule has 0 unspecified atom stereocenters. The fourth-order valence-corrected chi connectivity index (χ4v) is 0.325. The van der Waals surface area contributed by atoms with Gasteiger partial charge in [0.2, 0.25) is 0 Å². The predicted octanol–water partition coefficient (Wildman–Crippen LogP) is 0.337. The van der Waals surface area contributed by atoms with Crippen LogP contribution < -0.4 is 0 Å². The molecule has 0 aliphatic carbocycles. The van der Waals surface area contributed by atoms with Gasteiger partial charge >= 0.3 is 19.8 Å². The third kappa shape index (κ3) is 1.85. The number of nitrogens with zero attached hydrogens (tertiary/aromatic N) is 1. The molecule has 1 aromatic rings. The summed E-state index contributed by atoms with van der Waals surface area (Å²) in [4.78, 5) is 0. The first-order chi connectivity index (χ1) is 2.89. The van der Waals surface area contributed by atoms with Crippen LogP contribution in [-0.4, -0.2) is 30.0 Å². The number of aryl methyl sites for hydroxylation is 1. The third-order valence-electron chi connectivity index (χ3n) is 0.640. The molecular weight excluding hydrogens is 146 g/mol. The molecular formula is C4H6GaN2+3. The predicted molar refractivity (Wildman–Crippen MR) is 29.1 cm³/mol. The Balaban J connectivity index is 0.000000360. The molecule has 0 saturated carbocycles. The van der Waals surface area contributed by atoms with Gasteiger partial charge in [0.25, 0.3) is 0 Å². The first-order valence-corrected chi connectivity index (χ1v) is 1.85. The van der Waals surface area contributed by atoms with Gasteiger partial charge in [0.1, 0.15) is 0 Å². The summed E-state index contributed by atoms with van der Waals surface area (Å²) < 4.78 is 0. The van der Waals surface area contributed by atoms with Gasteiger partial charge in [-0.25, -0.2) is 0 Å². The van der Waals surface area contributed by atoms with Crippen molar-refractivity contribution in [2.24, 2.45) is 0 Å². The summed E-state index contributed by atoms with van der Waals surface area (Å²) in [7, 11) is 0. The van der Waals surface area contributed by atoms with E-state index < -0.39 is 0 Å². The normalized spacial score (nSPS) is 7.57. The Bertz CT molecular complexity index is 113. The molecule has 0 spiro atoms. The van der Waals surface area contributed by atoms with E-state index in [4.69, 9.17) is 0 Å². The van der Waals surface area contributed by atoms with Crippen molar-refractivity contribution >= 4 is 19.8 Å². The van der Waals surface area contributed by atoms with Gasteiger partial charge in [0, 0.05) is 11.9 Å². The van der Waals surface area contributed by atoms with Crippen molar-refractivity contribution in [3.8, 4) is 0 Å². The van der Waals surface area contributed by atoms with Crippen molar-refractivity contribution in [1.29, 1.82) is 0 Å². The minimum atomic E-state index is 0. The smallest absolute Gasteiger partial charge is 0.283 e. The monoisotopic (exact) mass is 151 g/mol. The standard InChI is InChI=1S/C4H6N2.Ga/c1-4-2-3-5-6-4;/h2-3H,1H3,(H,5,6);/q;+3. The molecule has 0 saturated heterocycles. The minimum absolute atomic E-state index is 0. The molecule has 1 heterocycles. The van der Waals surface area contributed by atoms with Crippen molar-refractivity contribution < 1.29 is 0 Å². The van der Waals surface area contributed by atoms with Gasteiger partial charge in [0.05, 0.1) is 0 Å². The van der Waals surface area contributed by atoms with Crippen LogP contribution in [0.1, 0.15) is 5.69 Å². The second kappa shape index (κ2) is 2.93. The Morgan fingerprint density at radius 3 is 2.57 bits per heavy atom. The van der Waals surface area contributed by atoms with Gasteiger partial charge in [-0.3, -0.25) is 5.10 Å². The third-order valence-corrected chi connectivity index (χ3v) is 0.640. The molecule has 1 N–H and O–H groups in total. The Kier molecular flexibility index (Phi) is 2.87. The maximum atomic E-state index is 3.70. The van der Waals surface area contributed by atoms with Crippen molar-refractivity contribution in [3.63, 3.8) is 0 Å². The number of rotatable bonds is 0. The number of aromatic amines is 1. The first-order valence-electron chi connectivity index (χ1n) is 1.85. The molecule has 7 heavy (non-hydrogen) atoms. The van der Waals surface area contributed by atoms with Gasteiger partial charge in [-0.1, -0.05) is 0 Å². The molecule has 0 bridgehead atoms. The zero-order valence-electron chi connectivity index (χ0n) is 4.18. The van der Waals surface area contributed by atoms with E-state index in [1.54, 1.807) is 6.20 Å². The average Bonchev–Trinajstić information content (AvgIpc) is 1.86. The summed E-state index contributed by atoms with van der Waals surface area (Å²) in [6, 6.07) is 1.92. The van der Waals surface area contributed by atoms with Crippen molar-refractivity contribution in [1.82, 2.24) is 10.2 Å². The summed E-state index contributed by atoms with van der Waals surface area (Å²) in [5.41, 5.74) is 1.11. The molecule has 1 rings (SSSR count). The van der Waals surface area contributed by atoms with Crippen LogP contribution >= 0.6 is 0 Å². The van der Waals surface area contributed by atoms with Crippen LogP contribution in [0.15, 0.2) is 12.3 Å². The number of nitrogens with one attached hydrogen (secondary N) is 1. The van der Waals surface area contributed by atoms with Crippen LogP contribution in [0.2, 0.25) is 0 Å². The molecule has 0 atom stereocenters. The van der Waals surface area contributed by atoms with E-state index >= 15 is 0 Å². The van der Waals surface area contributed by atoms with E-state index in [0.29, 0.717) is 0 Å². The van der Waals surface area contributed by atoms with Gasteiger partial charge < -0.3 is 0 Å². The Hall–Kier alpha value is -0.154. The summed E-state index contributed by atoms with van der Waals surface area (Å²) in [5.74, 6) is 0. The number of hydrogen-bond acceptors (Lipinski definition) is 1. The minimum Gasteiger partial charge on any atom is -0.283 e. The summed E-state index contributed by atoms with van der Waals surface area (Å²) >= 11 is 0. The van der Waals surface area contributed by atoms with Crippen LogP contribution in [0.25, 0.3) is 0 Å². The van der Waals surface area contributed by atoms with E-state index in [1.165, 1.54) is 0 Å². The quantitative estimate of drug-likeness (QED) is 0.533. The molecule has 3 heteroatoms. The molecule has 32 valence electrons. The second-order valence-corrected chi connectivity index (χ2v) is 1.24. The van der Waals surface area contributed by atoms with Crippen LogP contribution in [0, 0.1) is 6.92 Å². The molecule has 0 aromatic carbocycles. The van der Waals surface area contributed by atoms with Crippen LogP contribution in [0.5, 0.6) is 0 Å². The average molecular weight is 152 g/mol. The Morgan fingerprint density at radius 1 is 1.71 bits per heavy atom. The second-order valence-electron chi connectivity index (χ2n) is 1.24. The molecule has 0 fully saturated rings. The maximum Gasteiger partial charge on any atom is 3.00 e.